The summed E-state index contributed by atoms with van der Waals surface area (Å²) in [5.74, 6) is 3.27. The third-order valence-electron chi connectivity index (χ3n) is 6.59. The van der Waals surface area contributed by atoms with Crippen LogP contribution in [0.3, 0.4) is 0 Å². The van der Waals surface area contributed by atoms with E-state index in [1.807, 2.05) is 0 Å². The van der Waals surface area contributed by atoms with E-state index in [-0.39, 0.29) is 0 Å². The van der Waals surface area contributed by atoms with Crippen LogP contribution in [0.5, 0.6) is 0 Å². The number of rotatable bonds is 3. The fraction of sp³-hybridized carbons (Fsp3) is 1.00. The zero-order valence-electron chi connectivity index (χ0n) is 12.5. The summed E-state index contributed by atoms with van der Waals surface area (Å²) in [6, 6.07) is 0.770. The summed E-state index contributed by atoms with van der Waals surface area (Å²) in [6.07, 6.45) is 12.2. The first kappa shape index (κ1) is 12.6. The fourth-order valence-electron chi connectivity index (χ4n) is 6.32. The van der Waals surface area contributed by atoms with Crippen LogP contribution in [-0.2, 0) is 0 Å². The molecule has 4 bridgehead atoms. The maximum atomic E-state index is 3.70. The second-order valence-electron chi connectivity index (χ2n) is 7.98. The van der Waals surface area contributed by atoms with Crippen molar-refractivity contribution in [2.45, 2.75) is 69.9 Å². The van der Waals surface area contributed by atoms with E-state index in [0.717, 1.165) is 30.3 Å². The van der Waals surface area contributed by atoms with Gasteiger partial charge in [0.1, 0.15) is 0 Å². The van der Waals surface area contributed by atoms with E-state index >= 15 is 0 Å². The predicted molar refractivity (Wildman–Crippen MR) is 79.2 cm³/mol. The lowest BCUT2D eigenvalue weighted by Crippen LogP contribution is -2.63. The molecule has 4 aliphatic carbocycles. The number of hydrogen-bond donors (Lipinski definition) is 1. The van der Waals surface area contributed by atoms with Crippen LogP contribution in [0.1, 0.15) is 58.3 Å². The van der Waals surface area contributed by atoms with E-state index in [4.69, 9.17) is 0 Å². The van der Waals surface area contributed by atoms with E-state index in [2.05, 4.69) is 17.1 Å². The molecule has 0 aromatic rings. The second-order valence-corrected chi connectivity index (χ2v) is 7.98. The number of likely N-dealkylation sites (tertiary alicyclic amines) is 1. The minimum absolute atomic E-state index is 0.642. The molecule has 0 amide bonds. The number of nitrogens with one attached hydrogen (secondary N) is 1. The molecule has 0 radical (unpaired) electrons. The summed E-state index contributed by atoms with van der Waals surface area (Å²) in [4.78, 5) is 2.94. The van der Waals surface area contributed by atoms with Crippen molar-refractivity contribution < 1.29 is 0 Å². The van der Waals surface area contributed by atoms with Gasteiger partial charge in [-0.05, 0) is 82.2 Å². The Kier molecular flexibility index (Phi) is 3.15. The first-order valence-corrected chi connectivity index (χ1v) is 8.76. The summed E-state index contributed by atoms with van der Waals surface area (Å²) in [6.45, 7) is 6.11. The number of piperidine rings is 1. The highest BCUT2D eigenvalue weighted by Gasteiger charge is 2.53. The topological polar surface area (TPSA) is 15.3 Å². The number of hydrogen-bond acceptors (Lipinski definition) is 2. The quantitative estimate of drug-likeness (QED) is 0.841. The van der Waals surface area contributed by atoms with Gasteiger partial charge >= 0.3 is 0 Å². The van der Waals surface area contributed by atoms with Crippen molar-refractivity contribution >= 4 is 0 Å². The minimum atomic E-state index is 0.642. The van der Waals surface area contributed by atoms with Crippen LogP contribution in [-0.4, -0.2) is 36.1 Å². The predicted octanol–water partition coefficient (Wildman–Crippen LogP) is 3.03. The Hall–Kier alpha value is -0.0800. The summed E-state index contributed by atoms with van der Waals surface area (Å²) >= 11 is 0. The van der Waals surface area contributed by atoms with Gasteiger partial charge in [0.25, 0.3) is 0 Å². The molecule has 2 nitrogen and oxygen atoms in total. The van der Waals surface area contributed by atoms with Crippen molar-refractivity contribution in [2.75, 3.05) is 19.6 Å². The highest BCUT2D eigenvalue weighted by molar-refractivity contribution is 5.08. The maximum absolute atomic E-state index is 3.70. The summed E-state index contributed by atoms with van der Waals surface area (Å²) in [5, 5.41) is 3.70. The normalized spacial score (nSPS) is 49.7. The van der Waals surface area contributed by atoms with E-state index in [9.17, 15) is 0 Å². The third-order valence-corrected chi connectivity index (χ3v) is 6.59. The molecule has 1 N–H and O–H groups in total. The standard InChI is InChI=1S/C17H30N2/c1-2-18-16-4-3-5-19(12-16)17-9-13-6-14(10-17)8-15(7-13)11-17/h13-16,18H,2-12H2,1H3. The van der Waals surface area contributed by atoms with Gasteiger partial charge in [0.05, 0.1) is 0 Å². The van der Waals surface area contributed by atoms with Gasteiger partial charge in [0.15, 0.2) is 0 Å². The van der Waals surface area contributed by atoms with Crippen LogP contribution in [0, 0.1) is 17.8 Å². The lowest BCUT2D eigenvalue weighted by Gasteiger charge is -2.61. The van der Waals surface area contributed by atoms with Crippen LogP contribution >= 0.6 is 0 Å². The molecule has 5 rings (SSSR count). The van der Waals surface area contributed by atoms with Crippen LogP contribution in [0.15, 0.2) is 0 Å². The van der Waals surface area contributed by atoms with Crippen molar-refractivity contribution in [3.63, 3.8) is 0 Å². The molecule has 108 valence electrons. The summed E-state index contributed by atoms with van der Waals surface area (Å²) < 4.78 is 0. The zero-order chi connectivity index (χ0) is 12.9. The van der Waals surface area contributed by atoms with Gasteiger partial charge < -0.3 is 5.32 Å². The molecule has 1 aliphatic heterocycles. The molecular formula is C17H30N2. The molecule has 5 fully saturated rings. The lowest BCUT2D eigenvalue weighted by molar-refractivity contribution is -0.0976. The fourth-order valence-corrected chi connectivity index (χ4v) is 6.32. The molecule has 2 heteroatoms. The first-order valence-electron chi connectivity index (χ1n) is 8.76. The Morgan fingerprint density at radius 3 is 2.26 bits per heavy atom. The zero-order valence-corrected chi connectivity index (χ0v) is 12.5. The molecule has 1 unspecified atom stereocenters. The van der Waals surface area contributed by atoms with Gasteiger partial charge in [-0.1, -0.05) is 6.92 Å². The average Bonchev–Trinajstić information content (AvgIpc) is 2.38. The van der Waals surface area contributed by atoms with Crippen LogP contribution in [0.25, 0.3) is 0 Å². The van der Waals surface area contributed by atoms with Crippen molar-refractivity contribution in [3.05, 3.63) is 0 Å². The number of nitrogens with zero attached hydrogens (tertiary/aromatic N) is 1. The summed E-state index contributed by atoms with van der Waals surface area (Å²) in [7, 11) is 0. The molecule has 5 aliphatic rings. The smallest absolute Gasteiger partial charge is 0.0218 e. The Morgan fingerprint density at radius 2 is 1.68 bits per heavy atom. The van der Waals surface area contributed by atoms with E-state index in [1.165, 1.54) is 25.9 Å². The Labute approximate surface area is 118 Å². The number of likely N-dealkylation sites (N-methyl/N-ethyl adjacent to an activating group) is 1. The molecule has 0 aromatic carbocycles. The van der Waals surface area contributed by atoms with Gasteiger partial charge in [0.2, 0.25) is 0 Å². The molecule has 1 atom stereocenters. The third kappa shape index (κ3) is 2.15. The molecule has 0 aromatic heterocycles. The molecule has 0 spiro atoms. The average molecular weight is 262 g/mol. The van der Waals surface area contributed by atoms with Gasteiger partial charge in [0, 0.05) is 18.1 Å². The Morgan fingerprint density at radius 1 is 1.05 bits per heavy atom. The largest absolute Gasteiger partial charge is 0.313 e. The molecule has 19 heavy (non-hydrogen) atoms. The highest BCUT2D eigenvalue weighted by Crippen LogP contribution is 2.58. The monoisotopic (exact) mass is 262 g/mol. The molecule has 1 heterocycles. The van der Waals surface area contributed by atoms with E-state index in [0.29, 0.717) is 5.54 Å². The summed E-state index contributed by atoms with van der Waals surface area (Å²) in [5.41, 5.74) is 0.642. The van der Waals surface area contributed by atoms with Gasteiger partial charge in [-0.3, -0.25) is 4.90 Å². The van der Waals surface area contributed by atoms with Crippen LogP contribution in [0.4, 0.5) is 0 Å². The van der Waals surface area contributed by atoms with Crippen LogP contribution < -0.4 is 5.32 Å². The van der Waals surface area contributed by atoms with E-state index in [1.54, 1.807) is 38.5 Å². The first-order chi connectivity index (χ1) is 9.27. The van der Waals surface area contributed by atoms with Crippen molar-refractivity contribution in [1.82, 2.24) is 10.2 Å². The van der Waals surface area contributed by atoms with Crippen molar-refractivity contribution in [2.24, 2.45) is 17.8 Å². The van der Waals surface area contributed by atoms with Gasteiger partial charge in [-0.25, -0.2) is 0 Å². The van der Waals surface area contributed by atoms with E-state index < -0.39 is 0 Å². The lowest BCUT2D eigenvalue weighted by atomic mass is 9.52. The molecule has 4 saturated carbocycles. The van der Waals surface area contributed by atoms with Crippen LogP contribution in [0.2, 0.25) is 0 Å². The minimum Gasteiger partial charge on any atom is -0.313 e. The highest BCUT2D eigenvalue weighted by atomic mass is 15.2. The molecule has 1 saturated heterocycles. The maximum Gasteiger partial charge on any atom is 0.0218 e. The van der Waals surface area contributed by atoms with Gasteiger partial charge in [-0.2, -0.15) is 0 Å². The van der Waals surface area contributed by atoms with Crippen molar-refractivity contribution in [3.8, 4) is 0 Å². The van der Waals surface area contributed by atoms with Gasteiger partial charge in [-0.15, -0.1) is 0 Å². The van der Waals surface area contributed by atoms with Crippen molar-refractivity contribution in [1.29, 1.82) is 0 Å². The second kappa shape index (κ2) is 4.73. The molecular weight excluding hydrogens is 232 g/mol. The Balaban J connectivity index is 1.51. The SMILES string of the molecule is CCNC1CCCN(C23CC4CC(CC(C4)C2)C3)C1. The Bertz CT molecular complexity index is 301.